The highest BCUT2D eigenvalue weighted by atomic mass is 16.6. The van der Waals surface area contributed by atoms with Crippen molar-refractivity contribution in [2.45, 2.75) is 32.4 Å². The molecule has 1 amide bonds. The topological polar surface area (TPSA) is 127 Å². The normalized spacial score (nSPS) is 12.3. The molecular weight excluding hydrogens is 426 g/mol. The summed E-state index contributed by atoms with van der Waals surface area (Å²) in [6.07, 6.45) is 0.573. The van der Waals surface area contributed by atoms with Gasteiger partial charge in [0.2, 0.25) is 0 Å². The largest absolute Gasteiger partial charge is 0.482 e. The summed E-state index contributed by atoms with van der Waals surface area (Å²) in [5, 5.41) is 6.30. The molecular formula is C24H29N3O6. The Balaban J connectivity index is 1.93. The molecule has 9 nitrogen and oxygen atoms in total. The lowest BCUT2D eigenvalue weighted by Crippen LogP contribution is -2.38. The van der Waals surface area contributed by atoms with Gasteiger partial charge in [-0.3, -0.25) is 9.59 Å². The number of Topliss-reactive ketones (excluding diaryl/α,β-unsaturated/α-hetero) is 1. The van der Waals surface area contributed by atoms with Gasteiger partial charge in [0.05, 0.1) is 18.7 Å². The lowest BCUT2D eigenvalue weighted by Gasteiger charge is -2.14. The molecule has 0 saturated heterocycles. The summed E-state index contributed by atoms with van der Waals surface area (Å²) in [5.41, 5.74) is 8.95. The minimum Gasteiger partial charge on any atom is -0.482 e. The molecule has 0 saturated carbocycles. The summed E-state index contributed by atoms with van der Waals surface area (Å²) in [4.78, 5) is 36.6. The average Bonchev–Trinajstić information content (AvgIpc) is 2.83. The third kappa shape index (κ3) is 7.80. The van der Waals surface area contributed by atoms with E-state index in [1.807, 2.05) is 0 Å². The smallest absolute Gasteiger partial charge is 0.344 e. The highest BCUT2D eigenvalue weighted by molar-refractivity contribution is 6.04. The van der Waals surface area contributed by atoms with E-state index in [0.29, 0.717) is 29.9 Å². The molecule has 0 aliphatic rings. The number of amides is 1. The predicted octanol–water partition coefficient (Wildman–Crippen LogP) is 3.74. The fraction of sp³-hybridized carbons (Fsp3) is 0.375. The lowest BCUT2D eigenvalue weighted by molar-refractivity contribution is -0.145. The Morgan fingerprint density at radius 2 is 1.67 bits per heavy atom. The van der Waals surface area contributed by atoms with E-state index in [1.54, 1.807) is 69.5 Å². The van der Waals surface area contributed by atoms with Gasteiger partial charge in [-0.05, 0) is 62.2 Å². The molecule has 0 spiro atoms. The van der Waals surface area contributed by atoms with Gasteiger partial charge < -0.3 is 19.5 Å². The van der Waals surface area contributed by atoms with Crippen molar-refractivity contribution in [1.29, 1.82) is 5.53 Å². The van der Waals surface area contributed by atoms with Gasteiger partial charge in [-0.25, -0.2) is 10.3 Å². The summed E-state index contributed by atoms with van der Waals surface area (Å²) in [7, 11) is 1.59. The third-order valence-corrected chi connectivity index (χ3v) is 4.85. The monoisotopic (exact) mass is 455 g/mol. The molecule has 0 aliphatic carbocycles. The standard InChI is InChI=1S/C24H29N3O6/c1-4-32-22(28)15-33-20-11-9-18(10-12-20)23(29)16(2)26-24(30)19-7-5-17(6-8-19)21(27-25)13-14-31-3/h5-12,16,21,25H,4,13-15H2,1-3H3,(H,26,30)/t16-,21+/m1/s1. The maximum atomic E-state index is 12.7. The SMILES string of the molecule is CCOC(=O)COc1ccc(C(=O)[C@@H](C)NC(=O)c2ccc([C@H](CCOC)N=N)cc2)cc1. The zero-order valence-electron chi connectivity index (χ0n) is 19.0. The first-order chi connectivity index (χ1) is 15.9. The summed E-state index contributed by atoms with van der Waals surface area (Å²) in [6, 6.07) is 12.0. The second-order valence-corrected chi connectivity index (χ2v) is 7.23. The second kappa shape index (κ2) is 13.1. The van der Waals surface area contributed by atoms with Crippen molar-refractivity contribution in [3.63, 3.8) is 0 Å². The van der Waals surface area contributed by atoms with E-state index in [1.165, 1.54) is 0 Å². The van der Waals surface area contributed by atoms with E-state index in [-0.39, 0.29) is 30.9 Å². The Bertz CT molecular complexity index is 944. The van der Waals surface area contributed by atoms with Gasteiger partial charge in [0.25, 0.3) is 5.91 Å². The zero-order valence-corrected chi connectivity index (χ0v) is 19.0. The number of carbonyl (C=O) groups excluding carboxylic acids is 3. The van der Waals surface area contributed by atoms with Crippen LogP contribution in [0.1, 0.15) is 52.6 Å². The summed E-state index contributed by atoms with van der Waals surface area (Å²) in [6.45, 7) is 3.87. The number of rotatable bonds is 13. The van der Waals surface area contributed by atoms with Gasteiger partial charge in [-0.2, -0.15) is 5.11 Å². The summed E-state index contributed by atoms with van der Waals surface area (Å²) < 4.78 is 15.1. The van der Waals surface area contributed by atoms with Crippen LogP contribution in [0.2, 0.25) is 0 Å². The summed E-state index contributed by atoms with van der Waals surface area (Å²) in [5.74, 6) is -0.682. The molecule has 0 heterocycles. The number of hydrogen-bond acceptors (Lipinski definition) is 8. The van der Waals surface area contributed by atoms with Crippen molar-refractivity contribution in [2.24, 2.45) is 5.11 Å². The van der Waals surface area contributed by atoms with Gasteiger partial charge in [-0.1, -0.05) is 12.1 Å². The van der Waals surface area contributed by atoms with Crippen LogP contribution in [-0.2, 0) is 14.3 Å². The summed E-state index contributed by atoms with van der Waals surface area (Å²) >= 11 is 0. The van der Waals surface area contributed by atoms with Gasteiger partial charge in [0.15, 0.2) is 12.4 Å². The highest BCUT2D eigenvalue weighted by Crippen LogP contribution is 2.21. The molecule has 2 rings (SSSR count). The molecule has 2 aromatic rings. The molecule has 33 heavy (non-hydrogen) atoms. The maximum absolute atomic E-state index is 12.7. The van der Waals surface area contributed by atoms with Crippen LogP contribution in [-0.4, -0.2) is 50.6 Å². The van der Waals surface area contributed by atoms with E-state index < -0.39 is 12.0 Å². The first-order valence-corrected chi connectivity index (χ1v) is 10.6. The quantitative estimate of drug-likeness (QED) is 0.269. The molecule has 0 aliphatic heterocycles. The minimum atomic E-state index is -0.749. The fourth-order valence-corrected chi connectivity index (χ4v) is 3.05. The van der Waals surface area contributed by atoms with E-state index in [9.17, 15) is 14.4 Å². The number of ketones is 1. The predicted molar refractivity (Wildman–Crippen MR) is 121 cm³/mol. The Morgan fingerprint density at radius 1 is 1.03 bits per heavy atom. The van der Waals surface area contributed by atoms with Gasteiger partial charge in [0.1, 0.15) is 5.75 Å². The zero-order chi connectivity index (χ0) is 24.2. The van der Waals surface area contributed by atoms with Crippen LogP contribution in [0.25, 0.3) is 0 Å². The number of methoxy groups -OCH3 is 1. The van der Waals surface area contributed by atoms with Crippen molar-refractivity contribution in [3.05, 3.63) is 65.2 Å². The Morgan fingerprint density at radius 3 is 2.24 bits per heavy atom. The van der Waals surface area contributed by atoms with E-state index in [0.717, 1.165) is 5.56 Å². The molecule has 0 bridgehead atoms. The van der Waals surface area contributed by atoms with Crippen molar-refractivity contribution in [2.75, 3.05) is 26.9 Å². The number of nitrogens with one attached hydrogen (secondary N) is 2. The van der Waals surface area contributed by atoms with E-state index in [2.05, 4.69) is 10.4 Å². The molecule has 0 aromatic heterocycles. The molecule has 2 N–H and O–H groups in total. The van der Waals surface area contributed by atoms with Crippen molar-refractivity contribution in [3.8, 4) is 5.75 Å². The molecule has 0 unspecified atom stereocenters. The molecule has 0 radical (unpaired) electrons. The van der Waals surface area contributed by atoms with Crippen molar-refractivity contribution >= 4 is 17.7 Å². The Labute approximate surface area is 192 Å². The van der Waals surface area contributed by atoms with Gasteiger partial charge in [0, 0.05) is 24.8 Å². The molecule has 0 fully saturated rings. The van der Waals surface area contributed by atoms with Crippen LogP contribution in [0.4, 0.5) is 0 Å². The van der Waals surface area contributed by atoms with Crippen LogP contribution >= 0.6 is 0 Å². The van der Waals surface area contributed by atoms with Gasteiger partial charge in [-0.15, -0.1) is 0 Å². The number of nitrogens with zero attached hydrogens (tertiary/aromatic N) is 1. The van der Waals surface area contributed by atoms with Crippen LogP contribution in [0.5, 0.6) is 5.75 Å². The van der Waals surface area contributed by atoms with Crippen LogP contribution in [0.15, 0.2) is 53.6 Å². The number of hydrogen-bond donors (Lipinski definition) is 2. The second-order valence-electron chi connectivity index (χ2n) is 7.23. The first kappa shape index (κ1) is 25.7. The van der Waals surface area contributed by atoms with Crippen LogP contribution < -0.4 is 10.1 Å². The first-order valence-electron chi connectivity index (χ1n) is 10.6. The lowest BCUT2D eigenvalue weighted by atomic mass is 10.0. The van der Waals surface area contributed by atoms with Crippen molar-refractivity contribution in [1.82, 2.24) is 5.32 Å². The Kier molecular flexibility index (Phi) is 10.2. The van der Waals surface area contributed by atoms with E-state index in [4.69, 9.17) is 19.7 Å². The van der Waals surface area contributed by atoms with Crippen LogP contribution in [0.3, 0.4) is 0 Å². The number of esters is 1. The molecule has 9 heteroatoms. The van der Waals surface area contributed by atoms with Gasteiger partial charge >= 0.3 is 5.97 Å². The van der Waals surface area contributed by atoms with E-state index >= 15 is 0 Å². The maximum Gasteiger partial charge on any atom is 0.344 e. The number of ether oxygens (including phenoxy) is 3. The van der Waals surface area contributed by atoms with Crippen LogP contribution in [0, 0.1) is 5.53 Å². The number of benzene rings is 2. The third-order valence-electron chi connectivity index (χ3n) is 4.85. The number of carbonyl (C=O) groups is 3. The Hall–Kier alpha value is -3.59. The minimum absolute atomic E-state index is 0.213. The average molecular weight is 456 g/mol. The molecule has 176 valence electrons. The van der Waals surface area contributed by atoms with Crippen molar-refractivity contribution < 1.29 is 28.6 Å². The fourth-order valence-electron chi connectivity index (χ4n) is 3.05. The highest BCUT2D eigenvalue weighted by Gasteiger charge is 2.19. The molecule has 2 atom stereocenters. The molecule has 2 aromatic carbocycles.